The van der Waals surface area contributed by atoms with Crippen LogP contribution in [0.3, 0.4) is 0 Å². The summed E-state index contributed by atoms with van der Waals surface area (Å²) in [5.74, 6) is 0.449. The molecule has 9 heavy (non-hydrogen) atoms. The predicted molar refractivity (Wildman–Crippen MR) is 42.7 cm³/mol. The van der Waals surface area contributed by atoms with Gasteiger partial charge in [-0.25, -0.2) is 4.99 Å². The van der Waals surface area contributed by atoms with Crippen LogP contribution in [0.25, 0.3) is 0 Å². The van der Waals surface area contributed by atoms with Crippen molar-refractivity contribution in [2.75, 3.05) is 7.11 Å². The highest BCUT2D eigenvalue weighted by Crippen LogP contribution is 2.13. The second-order valence-electron chi connectivity index (χ2n) is 1.22. The monoisotopic (exact) mass is 189 g/mol. The van der Waals surface area contributed by atoms with Crippen LogP contribution in [0.15, 0.2) is 28.0 Å². The summed E-state index contributed by atoms with van der Waals surface area (Å²) in [4.78, 5) is 3.57. The summed E-state index contributed by atoms with van der Waals surface area (Å²) in [5.41, 5.74) is 0. The van der Waals surface area contributed by atoms with Crippen molar-refractivity contribution in [1.82, 2.24) is 0 Å². The average molecular weight is 190 g/mol. The quantitative estimate of drug-likeness (QED) is 0.379. The number of hydrogen-bond acceptors (Lipinski definition) is 2. The van der Waals surface area contributed by atoms with Gasteiger partial charge in [0.15, 0.2) is 0 Å². The van der Waals surface area contributed by atoms with E-state index >= 15 is 0 Å². The van der Waals surface area contributed by atoms with Gasteiger partial charge >= 0.3 is 0 Å². The zero-order chi connectivity index (χ0) is 7.28. The molecule has 0 N–H and O–H groups in total. The third-order valence-electron chi connectivity index (χ3n) is 0.720. The first-order valence-electron chi connectivity index (χ1n) is 2.29. The Kier molecular flexibility index (Phi) is 4.05. The summed E-state index contributed by atoms with van der Waals surface area (Å²) in [5, 5.41) is 0. The molecule has 0 saturated heterocycles. The summed E-state index contributed by atoms with van der Waals surface area (Å²) in [7, 11) is 1.52. The largest absolute Gasteiger partial charge is 0.480 e. The summed E-state index contributed by atoms with van der Waals surface area (Å²) in [6, 6.07) is 0. The maximum atomic E-state index is 4.78. The molecule has 0 spiro atoms. The Labute approximate surface area is 63.1 Å². The molecule has 0 aliphatic heterocycles. The minimum absolute atomic E-state index is 0.449. The molecule has 0 unspecified atom stereocenters. The first-order chi connectivity index (χ1) is 4.26. The molecule has 0 amide bonds. The lowest BCUT2D eigenvalue weighted by Gasteiger charge is -1.97. The number of rotatable bonds is 3. The Bertz CT molecular complexity index is 151. The van der Waals surface area contributed by atoms with E-state index in [1.165, 1.54) is 7.11 Å². The van der Waals surface area contributed by atoms with Crippen molar-refractivity contribution >= 4 is 22.6 Å². The van der Waals surface area contributed by atoms with Gasteiger partial charge in [-0.1, -0.05) is 6.58 Å². The molecule has 0 radical (unpaired) electrons. The van der Waals surface area contributed by atoms with Crippen LogP contribution in [-0.4, -0.2) is 13.8 Å². The lowest BCUT2D eigenvalue weighted by molar-refractivity contribution is 0.288. The second kappa shape index (κ2) is 4.32. The van der Waals surface area contributed by atoms with Gasteiger partial charge < -0.3 is 4.74 Å². The smallest absolute Gasteiger partial charge is 0.227 e. The second-order valence-corrected chi connectivity index (χ2v) is 2.07. The molecule has 50 valence electrons. The number of ether oxygens (including phenoxy) is 1. The summed E-state index contributed by atoms with van der Waals surface area (Å²) < 4.78 is 5.49. The van der Waals surface area contributed by atoms with Crippen molar-refractivity contribution in [3.05, 3.63) is 23.0 Å². The van der Waals surface area contributed by atoms with E-state index in [1.54, 1.807) is 6.08 Å². The molecular formula is C6H8BrNO. The normalized spacial score (nSPS) is 11.8. The van der Waals surface area contributed by atoms with Crippen LogP contribution in [0.2, 0.25) is 0 Å². The lowest BCUT2D eigenvalue weighted by atomic mass is 10.6. The Hall–Kier alpha value is -0.570. The van der Waals surface area contributed by atoms with Crippen LogP contribution >= 0.6 is 15.9 Å². The van der Waals surface area contributed by atoms with Crippen LogP contribution in [0.5, 0.6) is 0 Å². The average Bonchev–Trinajstić information content (AvgIpc) is 1.90. The molecule has 0 aromatic rings. The van der Waals surface area contributed by atoms with E-state index in [9.17, 15) is 0 Å². The highest BCUT2D eigenvalue weighted by Gasteiger charge is 1.94. The Morgan fingerprint density at radius 1 is 1.78 bits per heavy atom. The minimum Gasteiger partial charge on any atom is -0.480 e. The maximum absolute atomic E-state index is 4.78. The zero-order valence-corrected chi connectivity index (χ0v) is 6.81. The first-order valence-corrected chi connectivity index (χ1v) is 3.08. The molecule has 0 aromatic heterocycles. The van der Waals surface area contributed by atoms with Crippen LogP contribution in [0.4, 0.5) is 0 Å². The molecule has 3 heteroatoms. The molecule has 0 aromatic carbocycles. The number of methoxy groups -OCH3 is 1. The summed E-state index contributed by atoms with van der Waals surface area (Å²) in [6.45, 7) is 6.80. The molecule has 0 fully saturated rings. The van der Waals surface area contributed by atoms with Gasteiger partial charge in [0.2, 0.25) is 5.88 Å². The Morgan fingerprint density at radius 3 is 2.44 bits per heavy atom. The Morgan fingerprint density at radius 2 is 2.33 bits per heavy atom. The number of halogens is 1. The predicted octanol–water partition coefficient (Wildman–Crippen LogP) is 2.08. The summed E-state index contributed by atoms with van der Waals surface area (Å²) >= 11 is 3.17. The van der Waals surface area contributed by atoms with Crippen LogP contribution < -0.4 is 0 Å². The molecule has 0 rings (SSSR count). The van der Waals surface area contributed by atoms with E-state index in [-0.39, 0.29) is 0 Å². The molecule has 0 bridgehead atoms. The van der Waals surface area contributed by atoms with Gasteiger partial charge in [-0.15, -0.1) is 0 Å². The van der Waals surface area contributed by atoms with E-state index in [2.05, 4.69) is 34.2 Å². The fraction of sp³-hybridized carbons (Fsp3) is 0.167. The van der Waals surface area contributed by atoms with Gasteiger partial charge in [-0.2, -0.15) is 0 Å². The van der Waals surface area contributed by atoms with E-state index in [0.717, 1.165) is 0 Å². The highest BCUT2D eigenvalue weighted by molar-refractivity contribution is 9.11. The minimum atomic E-state index is 0.449. The van der Waals surface area contributed by atoms with Crippen molar-refractivity contribution in [3.63, 3.8) is 0 Å². The van der Waals surface area contributed by atoms with Crippen LogP contribution in [0.1, 0.15) is 0 Å². The van der Waals surface area contributed by atoms with Crippen molar-refractivity contribution in [2.24, 2.45) is 4.99 Å². The Balaban J connectivity index is 4.36. The van der Waals surface area contributed by atoms with Gasteiger partial charge in [0.05, 0.1) is 11.6 Å². The zero-order valence-electron chi connectivity index (χ0n) is 5.22. The van der Waals surface area contributed by atoms with Gasteiger partial charge in [-0.3, -0.25) is 0 Å². The molecular weight excluding hydrogens is 182 g/mol. The fourth-order valence-electron chi connectivity index (χ4n) is 0.325. The summed E-state index contributed by atoms with van der Waals surface area (Å²) in [6.07, 6.45) is 1.59. The highest BCUT2D eigenvalue weighted by atomic mass is 79.9. The number of nitrogens with zero attached hydrogens (tertiary/aromatic N) is 1. The number of allylic oxidation sites excluding steroid dienone is 2. The lowest BCUT2D eigenvalue weighted by Crippen LogP contribution is -1.82. The van der Waals surface area contributed by atoms with E-state index < -0.39 is 0 Å². The third kappa shape index (κ3) is 2.46. The van der Waals surface area contributed by atoms with Crippen LogP contribution in [-0.2, 0) is 4.74 Å². The van der Waals surface area contributed by atoms with Crippen molar-refractivity contribution < 1.29 is 4.74 Å². The first kappa shape index (κ1) is 8.43. The molecule has 0 heterocycles. The number of aliphatic imine (C=N–C) groups is 1. The topological polar surface area (TPSA) is 21.6 Å². The number of hydrogen-bond donors (Lipinski definition) is 0. The van der Waals surface area contributed by atoms with Gasteiger partial charge in [0.25, 0.3) is 0 Å². The third-order valence-corrected chi connectivity index (χ3v) is 1.38. The van der Waals surface area contributed by atoms with E-state index in [4.69, 9.17) is 4.74 Å². The molecule has 0 saturated carbocycles. The molecule has 0 atom stereocenters. The van der Waals surface area contributed by atoms with Crippen molar-refractivity contribution in [2.45, 2.75) is 0 Å². The van der Waals surface area contributed by atoms with Gasteiger partial charge in [0, 0.05) is 0 Å². The van der Waals surface area contributed by atoms with E-state index in [0.29, 0.717) is 10.4 Å². The fourth-order valence-corrected chi connectivity index (χ4v) is 0.612. The van der Waals surface area contributed by atoms with Crippen molar-refractivity contribution in [3.8, 4) is 0 Å². The SMILES string of the molecule is C=C/C(Br)=C(\N=C)OC. The van der Waals surface area contributed by atoms with Crippen molar-refractivity contribution in [1.29, 1.82) is 0 Å². The van der Waals surface area contributed by atoms with Gasteiger partial charge in [0.1, 0.15) is 0 Å². The molecule has 0 aliphatic rings. The van der Waals surface area contributed by atoms with Gasteiger partial charge in [-0.05, 0) is 28.7 Å². The van der Waals surface area contributed by atoms with E-state index in [1.807, 2.05) is 0 Å². The molecule has 2 nitrogen and oxygen atoms in total. The maximum Gasteiger partial charge on any atom is 0.227 e. The van der Waals surface area contributed by atoms with Crippen LogP contribution in [0, 0.1) is 0 Å². The standard InChI is InChI=1S/C6H8BrNO/c1-4-5(7)6(8-2)9-3/h4H,1-2H2,3H3/b6-5-. The molecule has 0 aliphatic carbocycles.